The number of benzene rings is 2. The van der Waals surface area contributed by atoms with Crippen LogP contribution < -0.4 is 14.4 Å². The molecule has 128 valence electrons. The van der Waals surface area contributed by atoms with Crippen molar-refractivity contribution in [3.8, 4) is 11.5 Å². The highest BCUT2D eigenvalue weighted by Crippen LogP contribution is 2.21. The van der Waals surface area contributed by atoms with Crippen molar-refractivity contribution in [2.24, 2.45) is 0 Å². The molecule has 0 fully saturated rings. The zero-order chi connectivity index (χ0) is 17.5. The maximum atomic E-state index is 5.24. The second-order valence-corrected chi connectivity index (χ2v) is 5.76. The number of ether oxygens (including phenoxy) is 2. The number of hydrogen-bond donors (Lipinski definition) is 0. The van der Waals surface area contributed by atoms with Gasteiger partial charge in [0, 0.05) is 19.3 Å². The van der Waals surface area contributed by atoms with Crippen LogP contribution in [0.2, 0.25) is 0 Å². The van der Waals surface area contributed by atoms with Crippen LogP contribution in [0, 0.1) is 0 Å². The molecule has 0 spiro atoms. The predicted molar refractivity (Wildman–Crippen MR) is 100 cm³/mol. The lowest BCUT2D eigenvalue weighted by Crippen LogP contribution is -2.22. The van der Waals surface area contributed by atoms with Gasteiger partial charge in [-0.2, -0.15) is 0 Å². The van der Waals surface area contributed by atoms with Crippen LogP contribution >= 0.6 is 0 Å². The Kier molecular flexibility index (Phi) is 5.52. The highest BCUT2D eigenvalue weighted by Gasteiger charge is 2.09. The van der Waals surface area contributed by atoms with E-state index in [4.69, 9.17) is 9.47 Å². The van der Waals surface area contributed by atoms with E-state index in [1.165, 1.54) is 11.1 Å². The number of rotatable bonds is 7. The summed E-state index contributed by atoms with van der Waals surface area (Å²) in [7, 11) is 3.36. The van der Waals surface area contributed by atoms with Crippen molar-refractivity contribution in [2.75, 3.05) is 19.1 Å². The van der Waals surface area contributed by atoms with Crippen LogP contribution in [-0.4, -0.2) is 19.2 Å². The van der Waals surface area contributed by atoms with Gasteiger partial charge in [0.15, 0.2) is 0 Å². The first kappa shape index (κ1) is 16.8. The third-order valence-corrected chi connectivity index (χ3v) is 4.08. The molecule has 0 aliphatic heterocycles. The van der Waals surface area contributed by atoms with Crippen LogP contribution in [0.15, 0.2) is 73.1 Å². The van der Waals surface area contributed by atoms with E-state index >= 15 is 0 Å². The predicted octanol–water partition coefficient (Wildman–Crippen LogP) is 4.31. The van der Waals surface area contributed by atoms with Crippen LogP contribution in [0.3, 0.4) is 0 Å². The Bertz CT molecular complexity index is 722. The fourth-order valence-corrected chi connectivity index (χ4v) is 2.68. The van der Waals surface area contributed by atoms with Crippen molar-refractivity contribution in [1.29, 1.82) is 0 Å². The van der Waals surface area contributed by atoms with Gasteiger partial charge in [0.2, 0.25) is 0 Å². The Balaban J connectivity index is 1.81. The molecule has 0 radical (unpaired) electrons. The molecule has 3 aromatic rings. The van der Waals surface area contributed by atoms with E-state index in [-0.39, 0.29) is 0 Å². The van der Waals surface area contributed by atoms with Gasteiger partial charge in [-0.15, -0.1) is 0 Å². The number of pyridine rings is 1. The van der Waals surface area contributed by atoms with Crippen LogP contribution in [-0.2, 0) is 13.1 Å². The van der Waals surface area contributed by atoms with Gasteiger partial charge >= 0.3 is 0 Å². The third kappa shape index (κ3) is 4.51. The lowest BCUT2D eigenvalue weighted by molar-refractivity contribution is 0.414. The minimum Gasteiger partial charge on any atom is -0.497 e. The van der Waals surface area contributed by atoms with Crippen LogP contribution in [0.1, 0.15) is 11.1 Å². The molecule has 4 nitrogen and oxygen atoms in total. The number of methoxy groups -OCH3 is 2. The van der Waals surface area contributed by atoms with E-state index in [9.17, 15) is 0 Å². The van der Waals surface area contributed by atoms with E-state index in [2.05, 4.69) is 40.2 Å². The summed E-state index contributed by atoms with van der Waals surface area (Å²) in [4.78, 5) is 6.56. The summed E-state index contributed by atoms with van der Waals surface area (Å²) in [5.74, 6) is 1.73. The van der Waals surface area contributed by atoms with E-state index < -0.39 is 0 Å². The van der Waals surface area contributed by atoms with E-state index in [0.29, 0.717) is 0 Å². The van der Waals surface area contributed by atoms with Crippen molar-refractivity contribution in [1.82, 2.24) is 4.98 Å². The van der Waals surface area contributed by atoms with E-state index in [0.717, 1.165) is 30.3 Å². The van der Waals surface area contributed by atoms with Gasteiger partial charge in [0.05, 0.1) is 26.1 Å². The summed E-state index contributed by atoms with van der Waals surface area (Å²) >= 11 is 0. The molecule has 0 unspecified atom stereocenters. The summed E-state index contributed by atoms with van der Waals surface area (Å²) in [5.41, 5.74) is 3.53. The van der Waals surface area contributed by atoms with Crippen LogP contribution in [0.25, 0.3) is 0 Å². The zero-order valence-corrected chi connectivity index (χ0v) is 14.6. The molecular weight excluding hydrogens is 312 g/mol. The minimum absolute atomic E-state index is 0.793. The number of aromatic nitrogens is 1. The topological polar surface area (TPSA) is 34.6 Å². The smallest absolute Gasteiger partial charge is 0.118 e. The molecule has 0 atom stereocenters. The van der Waals surface area contributed by atoms with Crippen molar-refractivity contribution >= 4 is 5.69 Å². The molecule has 3 rings (SSSR count). The maximum Gasteiger partial charge on any atom is 0.118 e. The highest BCUT2D eigenvalue weighted by molar-refractivity contribution is 5.46. The lowest BCUT2D eigenvalue weighted by Gasteiger charge is -2.25. The summed E-state index contributed by atoms with van der Waals surface area (Å²) in [5, 5.41) is 0. The number of hydrogen-bond acceptors (Lipinski definition) is 4. The Morgan fingerprint density at radius 2 is 1.28 bits per heavy atom. The minimum atomic E-state index is 0.793. The van der Waals surface area contributed by atoms with Crippen LogP contribution in [0.4, 0.5) is 5.69 Å². The molecule has 0 bridgehead atoms. The van der Waals surface area contributed by atoms with E-state index in [1.807, 2.05) is 36.5 Å². The standard InChI is InChI=1S/C21H22N2O2/c1-24-20-9-5-17(6-10-20)15-23(19-4-3-13-22-14-19)16-18-7-11-21(25-2)12-8-18/h3-14H,15-16H2,1-2H3. The first-order valence-corrected chi connectivity index (χ1v) is 8.19. The lowest BCUT2D eigenvalue weighted by atomic mass is 10.1. The maximum absolute atomic E-state index is 5.24. The molecule has 25 heavy (non-hydrogen) atoms. The Morgan fingerprint density at radius 1 is 0.760 bits per heavy atom. The Labute approximate surface area is 148 Å². The average molecular weight is 334 g/mol. The second-order valence-electron chi connectivity index (χ2n) is 5.76. The van der Waals surface area contributed by atoms with Gasteiger partial charge in [-0.25, -0.2) is 0 Å². The van der Waals surface area contributed by atoms with Crippen LogP contribution in [0.5, 0.6) is 11.5 Å². The summed E-state index contributed by atoms with van der Waals surface area (Å²) in [6, 6.07) is 20.4. The molecular formula is C21H22N2O2. The Hall–Kier alpha value is -3.01. The fourth-order valence-electron chi connectivity index (χ4n) is 2.68. The average Bonchev–Trinajstić information content (AvgIpc) is 2.69. The first-order chi connectivity index (χ1) is 12.3. The molecule has 0 aliphatic carbocycles. The molecule has 4 heteroatoms. The van der Waals surface area contributed by atoms with Gasteiger partial charge in [-0.1, -0.05) is 24.3 Å². The zero-order valence-electron chi connectivity index (χ0n) is 14.6. The molecule has 0 saturated carbocycles. The summed E-state index contributed by atoms with van der Waals surface area (Å²) in [6.45, 7) is 1.59. The highest BCUT2D eigenvalue weighted by atomic mass is 16.5. The summed E-state index contributed by atoms with van der Waals surface area (Å²) < 4.78 is 10.5. The van der Waals surface area contributed by atoms with Crippen molar-refractivity contribution in [3.05, 3.63) is 84.2 Å². The molecule has 0 amide bonds. The van der Waals surface area contributed by atoms with Crippen molar-refractivity contribution in [2.45, 2.75) is 13.1 Å². The number of nitrogens with zero attached hydrogens (tertiary/aromatic N) is 2. The molecule has 1 aromatic heterocycles. The first-order valence-electron chi connectivity index (χ1n) is 8.19. The van der Waals surface area contributed by atoms with Gasteiger partial charge in [-0.05, 0) is 47.5 Å². The van der Waals surface area contributed by atoms with E-state index in [1.54, 1.807) is 20.4 Å². The monoisotopic (exact) mass is 334 g/mol. The fraction of sp³-hybridized carbons (Fsp3) is 0.190. The van der Waals surface area contributed by atoms with Gasteiger partial charge in [0.25, 0.3) is 0 Å². The second kappa shape index (κ2) is 8.20. The third-order valence-electron chi connectivity index (χ3n) is 4.08. The van der Waals surface area contributed by atoms with Crippen molar-refractivity contribution in [3.63, 3.8) is 0 Å². The SMILES string of the molecule is COc1ccc(CN(Cc2ccc(OC)cc2)c2cccnc2)cc1. The molecule has 0 N–H and O–H groups in total. The van der Waals surface area contributed by atoms with Gasteiger partial charge < -0.3 is 14.4 Å². The molecule has 0 aliphatic rings. The Morgan fingerprint density at radius 3 is 1.68 bits per heavy atom. The quantitative estimate of drug-likeness (QED) is 0.645. The van der Waals surface area contributed by atoms with Gasteiger partial charge in [-0.3, -0.25) is 4.98 Å². The number of anilines is 1. The molecule has 0 saturated heterocycles. The molecule has 1 heterocycles. The normalized spacial score (nSPS) is 10.3. The molecule has 2 aromatic carbocycles. The van der Waals surface area contributed by atoms with Crippen molar-refractivity contribution < 1.29 is 9.47 Å². The van der Waals surface area contributed by atoms with Gasteiger partial charge in [0.1, 0.15) is 11.5 Å². The largest absolute Gasteiger partial charge is 0.497 e. The summed E-state index contributed by atoms with van der Waals surface area (Å²) in [6.07, 6.45) is 3.69.